The van der Waals surface area contributed by atoms with Crippen LogP contribution in [-0.4, -0.2) is 39.9 Å². The maximum absolute atomic E-state index is 13.2. The Labute approximate surface area is 229 Å². The summed E-state index contributed by atoms with van der Waals surface area (Å²) in [7, 11) is -4.13. The summed E-state index contributed by atoms with van der Waals surface area (Å²) in [5, 5.41) is 3.22. The van der Waals surface area contributed by atoms with Crippen molar-refractivity contribution in [2.24, 2.45) is 5.10 Å². The highest BCUT2D eigenvalue weighted by atomic mass is 35.5. The molecular formula is C26H25ClF3N3O5S. The van der Waals surface area contributed by atoms with Crippen LogP contribution in [0, 0.1) is 0 Å². The van der Waals surface area contributed by atoms with Crippen molar-refractivity contribution in [1.82, 2.24) is 5.43 Å². The number of anilines is 1. The first kappa shape index (κ1) is 29.8. The Morgan fingerprint density at radius 1 is 1.05 bits per heavy atom. The average molecular weight is 584 g/mol. The molecule has 0 atom stereocenters. The van der Waals surface area contributed by atoms with Gasteiger partial charge in [0, 0.05) is 0 Å². The number of rotatable bonds is 11. The van der Waals surface area contributed by atoms with E-state index >= 15 is 0 Å². The van der Waals surface area contributed by atoms with E-state index in [-0.39, 0.29) is 5.69 Å². The van der Waals surface area contributed by atoms with Gasteiger partial charge < -0.3 is 9.47 Å². The zero-order valence-electron chi connectivity index (χ0n) is 20.9. The van der Waals surface area contributed by atoms with Crippen LogP contribution < -0.4 is 19.2 Å². The van der Waals surface area contributed by atoms with Gasteiger partial charge in [-0.25, -0.2) is 13.8 Å². The molecule has 3 aromatic rings. The van der Waals surface area contributed by atoms with E-state index < -0.39 is 39.2 Å². The van der Waals surface area contributed by atoms with Crippen molar-refractivity contribution in [3.8, 4) is 11.5 Å². The summed E-state index contributed by atoms with van der Waals surface area (Å²) >= 11 is 5.62. The molecule has 0 aliphatic rings. The molecule has 0 aliphatic carbocycles. The van der Waals surface area contributed by atoms with E-state index in [9.17, 15) is 26.4 Å². The molecule has 0 spiro atoms. The van der Waals surface area contributed by atoms with Crippen LogP contribution in [-0.2, 0) is 27.6 Å². The third kappa shape index (κ3) is 8.62. The van der Waals surface area contributed by atoms with E-state index in [4.69, 9.17) is 21.1 Å². The molecule has 0 heterocycles. The molecule has 208 valence electrons. The maximum atomic E-state index is 13.2. The minimum atomic E-state index is -4.81. The molecule has 0 aliphatic heterocycles. The molecule has 0 bridgehead atoms. The monoisotopic (exact) mass is 583 g/mol. The van der Waals surface area contributed by atoms with Gasteiger partial charge >= 0.3 is 6.18 Å². The van der Waals surface area contributed by atoms with Crippen LogP contribution in [0.5, 0.6) is 11.5 Å². The normalized spacial score (nSPS) is 11.8. The average Bonchev–Trinajstić information content (AvgIpc) is 2.87. The fraction of sp³-hybridized carbons (Fsp3) is 0.231. The SMILES string of the molecule is CCOc1cc(/C=N\NC(=O)CN(c2ccc(Cl)c(C(F)(F)F)c2)S(C)(=O)=O)ccc1OCc1ccccc1. The minimum absolute atomic E-state index is 0.333. The Hall–Kier alpha value is -3.77. The summed E-state index contributed by atoms with van der Waals surface area (Å²) in [5.74, 6) is 0.0788. The molecule has 1 amide bonds. The van der Waals surface area contributed by atoms with Crippen molar-refractivity contribution in [2.75, 3.05) is 23.7 Å². The van der Waals surface area contributed by atoms with Gasteiger partial charge in [-0.3, -0.25) is 9.10 Å². The van der Waals surface area contributed by atoms with Crippen LogP contribution in [0.2, 0.25) is 5.02 Å². The van der Waals surface area contributed by atoms with Crippen LogP contribution in [0.1, 0.15) is 23.6 Å². The van der Waals surface area contributed by atoms with Crippen LogP contribution >= 0.6 is 11.6 Å². The molecule has 0 saturated heterocycles. The van der Waals surface area contributed by atoms with E-state index in [2.05, 4.69) is 10.5 Å². The zero-order valence-corrected chi connectivity index (χ0v) is 22.5. The Bertz CT molecular complexity index is 1430. The molecule has 0 radical (unpaired) electrons. The van der Waals surface area contributed by atoms with Gasteiger partial charge in [0.25, 0.3) is 5.91 Å². The Balaban J connectivity index is 1.70. The van der Waals surface area contributed by atoms with Gasteiger partial charge in [-0.1, -0.05) is 41.9 Å². The number of carbonyl (C=O) groups excluding carboxylic acids is 1. The molecule has 3 aromatic carbocycles. The third-order valence-electron chi connectivity index (χ3n) is 5.14. The molecule has 0 fully saturated rings. The van der Waals surface area contributed by atoms with Crippen LogP contribution in [0.15, 0.2) is 71.8 Å². The predicted octanol–water partition coefficient (Wildman–Crippen LogP) is 5.25. The number of sulfonamides is 1. The lowest BCUT2D eigenvalue weighted by Crippen LogP contribution is -2.39. The predicted molar refractivity (Wildman–Crippen MR) is 143 cm³/mol. The molecule has 39 heavy (non-hydrogen) atoms. The number of amides is 1. The molecule has 1 N–H and O–H groups in total. The standard InChI is InChI=1S/C26H25ClF3N3O5S/c1-3-37-24-13-19(9-12-23(24)38-17-18-7-5-4-6-8-18)15-31-32-25(34)16-33(39(2,35)36)20-10-11-22(27)21(14-20)26(28,29)30/h4-15H,3,16-17H2,1-2H3,(H,32,34)/b31-15-. The lowest BCUT2D eigenvalue weighted by molar-refractivity contribution is -0.137. The summed E-state index contributed by atoms with van der Waals surface area (Å²) in [5.41, 5.74) is 2.09. The van der Waals surface area contributed by atoms with Crippen LogP contribution in [0.4, 0.5) is 18.9 Å². The second-order valence-corrected chi connectivity index (χ2v) is 10.5. The smallest absolute Gasteiger partial charge is 0.417 e. The van der Waals surface area contributed by atoms with Gasteiger partial charge in [-0.15, -0.1) is 0 Å². The van der Waals surface area contributed by atoms with Gasteiger partial charge in [0.1, 0.15) is 13.2 Å². The number of halogens is 4. The van der Waals surface area contributed by atoms with E-state index in [0.717, 1.165) is 24.0 Å². The number of nitrogens with zero attached hydrogens (tertiary/aromatic N) is 2. The van der Waals surface area contributed by atoms with E-state index in [1.807, 2.05) is 37.3 Å². The number of hydrogen-bond acceptors (Lipinski definition) is 6. The number of benzene rings is 3. The fourth-order valence-corrected chi connectivity index (χ4v) is 4.43. The first-order valence-corrected chi connectivity index (χ1v) is 13.7. The highest BCUT2D eigenvalue weighted by molar-refractivity contribution is 7.92. The lowest BCUT2D eigenvalue weighted by Gasteiger charge is -2.22. The third-order valence-corrected chi connectivity index (χ3v) is 6.61. The summed E-state index contributed by atoms with van der Waals surface area (Å²) < 4.78 is 76.2. The number of nitrogens with one attached hydrogen (secondary N) is 1. The summed E-state index contributed by atoms with van der Waals surface area (Å²) in [6.45, 7) is 1.71. The van der Waals surface area contributed by atoms with Crippen molar-refractivity contribution in [2.45, 2.75) is 19.7 Å². The Morgan fingerprint density at radius 2 is 1.77 bits per heavy atom. The number of ether oxygens (including phenoxy) is 2. The maximum Gasteiger partial charge on any atom is 0.417 e. The zero-order chi connectivity index (χ0) is 28.6. The number of carbonyl (C=O) groups is 1. The first-order chi connectivity index (χ1) is 18.4. The van der Waals surface area contributed by atoms with Crippen molar-refractivity contribution in [1.29, 1.82) is 0 Å². The molecule has 3 rings (SSSR count). The van der Waals surface area contributed by atoms with Crippen molar-refractivity contribution < 1.29 is 35.9 Å². The minimum Gasteiger partial charge on any atom is -0.490 e. The highest BCUT2D eigenvalue weighted by Crippen LogP contribution is 2.37. The molecular weight excluding hydrogens is 559 g/mol. The molecule has 8 nitrogen and oxygen atoms in total. The van der Waals surface area contributed by atoms with Crippen molar-refractivity contribution in [3.63, 3.8) is 0 Å². The Morgan fingerprint density at radius 3 is 2.41 bits per heavy atom. The number of alkyl halides is 3. The lowest BCUT2D eigenvalue weighted by atomic mass is 10.2. The summed E-state index contributed by atoms with van der Waals surface area (Å²) in [4.78, 5) is 12.4. The second kappa shape index (κ2) is 12.9. The van der Waals surface area contributed by atoms with E-state index in [1.165, 1.54) is 6.21 Å². The van der Waals surface area contributed by atoms with Gasteiger partial charge in [0.15, 0.2) is 11.5 Å². The first-order valence-electron chi connectivity index (χ1n) is 11.5. The highest BCUT2D eigenvalue weighted by Gasteiger charge is 2.34. The van der Waals surface area contributed by atoms with Crippen molar-refractivity contribution in [3.05, 3.63) is 88.4 Å². The van der Waals surface area contributed by atoms with Crippen LogP contribution in [0.3, 0.4) is 0 Å². The van der Waals surface area contributed by atoms with Gasteiger partial charge in [-0.05, 0) is 54.4 Å². The van der Waals surface area contributed by atoms with Gasteiger partial charge in [0.2, 0.25) is 10.0 Å². The summed E-state index contributed by atoms with van der Waals surface area (Å²) in [6, 6.07) is 17.1. The number of hydrogen-bond donors (Lipinski definition) is 1. The molecule has 0 aromatic heterocycles. The van der Waals surface area contributed by atoms with E-state index in [0.29, 0.717) is 40.6 Å². The fourth-order valence-electron chi connectivity index (χ4n) is 3.36. The molecule has 0 saturated carbocycles. The largest absolute Gasteiger partial charge is 0.490 e. The quantitative estimate of drug-likeness (QED) is 0.246. The van der Waals surface area contributed by atoms with Crippen LogP contribution in [0.25, 0.3) is 0 Å². The van der Waals surface area contributed by atoms with Gasteiger partial charge in [0.05, 0.1) is 35.4 Å². The summed E-state index contributed by atoms with van der Waals surface area (Å²) in [6.07, 6.45) is -2.75. The number of hydrazone groups is 1. The van der Waals surface area contributed by atoms with E-state index in [1.54, 1.807) is 18.2 Å². The van der Waals surface area contributed by atoms with Gasteiger partial charge in [-0.2, -0.15) is 18.3 Å². The Kier molecular flexibility index (Phi) is 9.81. The molecule has 0 unspecified atom stereocenters. The molecule has 13 heteroatoms. The van der Waals surface area contributed by atoms with Crippen molar-refractivity contribution >= 4 is 39.4 Å². The second-order valence-electron chi connectivity index (χ2n) is 8.14. The topological polar surface area (TPSA) is 97.3 Å².